The number of halogens is 1. The predicted octanol–water partition coefficient (Wildman–Crippen LogP) is 2.97. The molecular weight excluding hydrogens is 426 g/mol. The van der Waals surface area contributed by atoms with Crippen molar-refractivity contribution in [3.05, 3.63) is 22.1 Å². The summed E-state index contributed by atoms with van der Waals surface area (Å²) >= 11 is 3.64. The Balaban J connectivity index is 1.66. The highest BCUT2D eigenvalue weighted by Crippen LogP contribution is 2.72. The fourth-order valence-electron chi connectivity index (χ4n) is 7.50. The van der Waals surface area contributed by atoms with Gasteiger partial charge in [-0.15, -0.1) is 0 Å². The fraction of sp³-hybridized carbons (Fsp3) is 0.900. The van der Waals surface area contributed by atoms with E-state index in [1.807, 2.05) is 0 Å². The third-order valence-electron chi connectivity index (χ3n) is 9.05. The van der Waals surface area contributed by atoms with Crippen LogP contribution in [0, 0.1) is 16.7 Å². The van der Waals surface area contributed by atoms with Gasteiger partial charge in [0, 0.05) is 10.3 Å². The molecular formula is C20H28BrN3O4. The van der Waals surface area contributed by atoms with Gasteiger partial charge in [0.2, 0.25) is 0 Å². The van der Waals surface area contributed by atoms with Crippen molar-refractivity contribution >= 4 is 15.9 Å². The molecule has 3 saturated carbocycles. The lowest BCUT2D eigenvalue weighted by molar-refractivity contribution is -0.244. The number of alkyl halides is 1. The molecule has 4 fully saturated rings. The van der Waals surface area contributed by atoms with Crippen LogP contribution >= 0.6 is 15.9 Å². The van der Waals surface area contributed by atoms with Gasteiger partial charge in [0.15, 0.2) is 0 Å². The number of hydrogen-bond acceptors (Lipinski definition) is 5. The maximum Gasteiger partial charge on any atom is 0.0917 e. The Morgan fingerprint density at radius 2 is 2.07 bits per heavy atom. The molecule has 0 amide bonds. The summed E-state index contributed by atoms with van der Waals surface area (Å²) in [6.45, 7) is 2.19. The molecule has 3 aliphatic carbocycles. The van der Waals surface area contributed by atoms with Crippen molar-refractivity contribution in [2.24, 2.45) is 21.9 Å². The van der Waals surface area contributed by atoms with E-state index in [0.29, 0.717) is 6.42 Å². The van der Waals surface area contributed by atoms with Gasteiger partial charge in [-0.3, -0.25) is 0 Å². The quantitative estimate of drug-likeness (QED) is 0.195. The van der Waals surface area contributed by atoms with Crippen molar-refractivity contribution in [2.45, 2.75) is 86.1 Å². The van der Waals surface area contributed by atoms with E-state index >= 15 is 0 Å². The minimum absolute atomic E-state index is 0.00481. The molecule has 7 nitrogen and oxygen atoms in total. The highest BCUT2D eigenvalue weighted by atomic mass is 79.9. The van der Waals surface area contributed by atoms with E-state index in [2.05, 4.69) is 39.0 Å². The molecule has 0 aromatic heterocycles. The van der Waals surface area contributed by atoms with Crippen LogP contribution in [0.4, 0.5) is 0 Å². The van der Waals surface area contributed by atoms with Crippen LogP contribution in [0.15, 0.2) is 16.8 Å². The summed E-state index contributed by atoms with van der Waals surface area (Å²) in [7, 11) is 0. The molecule has 9 atom stereocenters. The number of aliphatic hydroxyl groups is 3. The molecule has 2 aliphatic heterocycles. The SMILES string of the molecule is C[C@]12CC[C@]3(CO)C=C4[C@H](Br)[C@H](O)[C@@H](N=[N+]=[N-])C[C@]45CC[C@]3(O5)[C@@H]1CC[C@@H]2O. The molecule has 0 aromatic rings. The number of aliphatic hydroxyl groups excluding tert-OH is 3. The second kappa shape index (κ2) is 5.96. The second-order valence-electron chi connectivity index (χ2n) is 9.92. The van der Waals surface area contributed by atoms with Crippen LogP contribution in [0.1, 0.15) is 51.9 Å². The van der Waals surface area contributed by atoms with Crippen molar-refractivity contribution in [1.29, 1.82) is 0 Å². The molecule has 2 spiro atoms. The van der Waals surface area contributed by atoms with Crippen LogP contribution in [0.25, 0.3) is 10.4 Å². The summed E-state index contributed by atoms with van der Waals surface area (Å²) in [6.07, 6.45) is 6.42. The van der Waals surface area contributed by atoms with E-state index in [1.165, 1.54) is 0 Å². The molecule has 28 heavy (non-hydrogen) atoms. The monoisotopic (exact) mass is 453 g/mol. The topological polar surface area (TPSA) is 119 Å². The molecule has 2 bridgehead atoms. The Labute approximate surface area is 172 Å². The molecule has 5 rings (SSSR count). The molecule has 5 aliphatic rings. The summed E-state index contributed by atoms with van der Waals surface area (Å²) in [5, 5.41) is 35.9. The van der Waals surface area contributed by atoms with Gasteiger partial charge in [-0.25, -0.2) is 0 Å². The van der Waals surface area contributed by atoms with Gasteiger partial charge >= 0.3 is 0 Å². The van der Waals surface area contributed by atoms with E-state index in [0.717, 1.165) is 44.1 Å². The van der Waals surface area contributed by atoms with Crippen molar-refractivity contribution in [2.75, 3.05) is 6.61 Å². The summed E-state index contributed by atoms with van der Waals surface area (Å²) in [5.74, 6) is 0.187. The highest BCUT2D eigenvalue weighted by molar-refractivity contribution is 9.09. The van der Waals surface area contributed by atoms with Gasteiger partial charge in [0.05, 0.1) is 40.9 Å². The summed E-state index contributed by atoms with van der Waals surface area (Å²) in [6, 6.07) is -0.549. The molecule has 0 aromatic carbocycles. The fourth-order valence-corrected chi connectivity index (χ4v) is 8.40. The van der Waals surface area contributed by atoms with Gasteiger partial charge in [0.1, 0.15) is 0 Å². The van der Waals surface area contributed by atoms with Gasteiger partial charge in [0.25, 0.3) is 0 Å². The minimum Gasteiger partial charge on any atom is -0.395 e. The molecule has 3 N–H and O–H groups in total. The highest BCUT2D eigenvalue weighted by Gasteiger charge is 2.74. The third-order valence-corrected chi connectivity index (χ3v) is 10.1. The number of azide groups is 1. The molecule has 8 heteroatoms. The second-order valence-corrected chi connectivity index (χ2v) is 10.9. The molecule has 0 radical (unpaired) electrons. The van der Waals surface area contributed by atoms with Gasteiger partial charge in [-0.05, 0) is 67.4 Å². The van der Waals surface area contributed by atoms with Gasteiger partial charge in [-0.2, -0.15) is 0 Å². The zero-order valence-corrected chi connectivity index (χ0v) is 17.7. The van der Waals surface area contributed by atoms with Crippen LogP contribution in [0.3, 0.4) is 0 Å². The number of hydrogen-bond donors (Lipinski definition) is 3. The Kier molecular flexibility index (Phi) is 4.12. The van der Waals surface area contributed by atoms with E-state index in [1.54, 1.807) is 0 Å². The lowest BCUT2D eigenvalue weighted by Gasteiger charge is -2.63. The Hall–Kier alpha value is -0.630. The van der Waals surface area contributed by atoms with Gasteiger partial charge in [-0.1, -0.05) is 34.0 Å². The number of fused-ring (bicyclic) bond motifs is 1. The normalized spacial score (nSPS) is 56.9. The largest absolute Gasteiger partial charge is 0.395 e. The first-order valence-corrected chi connectivity index (χ1v) is 11.3. The maximum absolute atomic E-state index is 10.7. The first-order valence-electron chi connectivity index (χ1n) is 10.4. The average molecular weight is 454 g/mol. The smallest absolute Gasteiger partial charge is 0.0917 e. The van der Waals surface area contributed by atoms with Gasteiger partial charge < -0.3 is 20.1 Å². The first kappa shape index (κ1) is 19.3. The van der Waals surface area contributed by atoms with Crippen molar-refractivity contribution in [3.63, 3.8) is 0 Å². The van der Waals surface area contributed by atoms with Crippen LogP contribution in [0.5, 0.6) is 0 Å². The average Bonchev–Trinajstić information content (AvgIpc) is 3.17. The van der Waals surface area contributed by atoms with E-state index in [4.69, 9.17) is 10.3 Å². The Morgan fingerprint density at radius 1 is 1.29 bits per heavy atom. The summed E-state index contributed by atoms with van der Waals surface area (Å²) < 4.78 is 7.03. The van der Waals surface area contributed by atoms with E-state index in [-0.39, 0.29) is 28.9 Å². The zero-order valence-electron chi connectivity index (χ0n) is 16.1. The van der Waals surface area contributed by atoms with Crippen molar-refractivity contribution in [3.8, 4) is 0 Å². The Morgan fingerprint density at radius 3 is 2.79 bits per heavy atom. The third kappa shape index (κ3) is 2.07. The van der Waals surface area contributed by atoms with Crippen molar-refractivity contribution < 1.29 is 20.1 Å². The van der Waals surface area contributed by atoms with E-state index < -0.39 is 28.8 Å². The van der Waals surface area contributed by atoms with Crippen LogP contribution in [0.2, 0.25) is 0 Å². The molecule has 154 valence electrons. The van der Waals surface area contributed by atoms with Crippen LogP contribution in [-0.2, 0) is 4.74 Å². The summed E-state index contributed by atoms with van der Waals surface area (Å²) in [5.41, 5.74) is 8.18. The maximum atomic E-state index is 10.7. The number of nitrogens with zero attached hydrogens (tertiary/aromatic N) is 3. The van der Waals surface area contributed by atoms with Crippen LogP contribution in [-0.4, -0.2) is 56.2 Å². The minimum atomic E-state index is -0.817. The lowest BCUT2D eigenvalue weighted by Crippen LogP contribution is -2.66. The molecule has 1 saturated heterocycles. The lowest BCUT2D eigenvalue weighted by atomic mass is 9.50. The van der Waals surface area contributed by atoms with Crippen LogP contribution < -0.4 is 0 Å². The molecule has 0 unspecified atom stereocenters. The zero-order chi connectivity index (χ0) is 19.9. The predicted molar refractivity (Wildman–Crippen MR) is 106 cm³/mol. The molecule has 2 heterocycles. The number of ether oxygens (including phenoxy) is 1. The summed E-state index contributed by atoms with van der Waals surface area (Å²) in [4.78, 5) is 2.58. The van der Waals surface area contributed by atoms with Crippen molar-refractivity contribution in [1.82, 2.24) is 0 Å². The number of rotatable bonds is 2. The first-order chi connectivity index (χ1) is 13.3. The standard InChI is InChI=1S/C20H28BrN3O4/c1-17-4-5-18(10-25)8-11-15(21)16(27)12(23-24-22)9-19(11)6-7-20(18,28-19)13(17)2-3-14(17)26/h8,12-16,25-27H,2-7,9-10H2,1H3/t12-,13+,14-,15-,16+,17-,18+,19+,20-/m0/s1. The van der Waals surface area contributed by atoms with E-state index in [9.17, 15) is 15.3 Å². The Bertz CT molecular complexity index is 787.